The standard InChI is InChI=1S/C14H26O3.C13H24O3.C12H22O3.C8H16O3.C7H14O3/c1-4-11(3)13(15)17-14(16-5-2)12-9-7-6-8-10-12;1-4-10(2)12(14)16-13(15-3)11-8-6-5-7-9-11;1-4-9(2)11(13)15-12(14-3)10-7-5-6-8-10;1-4-7(3)8(9)11-6-10-5-2;1-4-6(2)7(8)10-5-9-3/h11-12,14H,4-10H2,1-3H3;10-11,13H,4-9H2,1-3H3;9-10,12H,4-8H2,1-3H3;7H,4-6H2,1-3H3;6H,4-5H2,1-3H3. The number of carbonyl (C=O) groups is 5. The van der Waals surface area contributed by atoms with Crippen molar-refractivity contribution < 1.29 is 71.3 Å². The van der Waals surface area contributed by atoms with Gasteiger partial charge in [0.15, 0.2) is 13.6 Å². The van der Waals surface area contributed by atoms with E-state index in [1.54, 1.807) is 14.2 Å². The van der Waals surface area contributed by atoms with Crippen LogP contribution in [-0.2, 0) is 71.3 Å². The van der Waals surface area contributed by atoms with E-state index in [1.807, 2.05) is 83.1 Å². The van der Waals surface area contributed by atoms with E-state index in [2.05, 4.69) is 9.47 Å². The molecular weight excluding hydrogens is 889 g/mol. The van der Waals surface area contributed by atoms with Crippen LogP contribution in [0.25, 0.3) is 0 Å². The molecule has 8 atom stereocenters. The second kappa shape index (κ2) is 43.9. The average molecular weight is 991 g/mol. The number of carbonyl (C=O) groups excluding carboxylic acids is 5. The molecule has 8 unspecified atom stereocenters. The summed E-state index contributed by atoms with van der Waals surface area (Å²) in [5.74, 6) is 0.349. The van der Waals surface area contributed by atoms with Gasteiger partial charge in [-0.25, -0.2) is 0 Å². The van der Waals surface area contributed by atoms with E-state index in [9.17, 15) is 24.0 Å². The molecule has 0 aromatic rings. The Bertz CT molecular complexity index is 1280. The van der Waals surface area contributed by atoms with E-state index in [4.69, 9.17) is 37.9 Å². The lowest BCUT2D eigenvalue weighted by Crippen LogP contribution is -2.33. The third-order valence-electron chi connectivity index (χ3n) is 13.2. The maximum atomic E-state index is 11.8. The molecule has 0 aromatic carbocycles. The molecule has 0 spiro atoms. The number of ether oxygens (including phenoxy) is 10. The Hall–Kier alpha value is -2.85. The summed E-state index contributed by atoms with van der Waals surface area (Å²) in [5, 5.41) is 0. The summed E-state index contributed by atoms with van der Waals surface area (Å²) >= 11 is 0. The van der Waals surface area contributed by atoms with E-state index in [0.29, 0.717) is 31.0 Å². The van der Waals surface area contributed by atoms with Crippen LogP contribution < -0.4 is 0 Å². The zero-order valence-corrected chi connectivity index (χ0v) is 46.2. The van der Waals surface area contributed by atoms with E-state index in [-0.39, 0.29) is 91.9 Å². The fourth-order valence-electron chi connectivity index (χ4n) is 7.26. The predicted octanol–water partition coefficient (Wildman–Crippen LogP) is 12.1. The topological polar surface area (TPSA) is 178 Å². The molecule has 0 aliphatic heterocycles. The van der Waals surface area contributed by atoms with Crippen molar-refractivity contribution in [3.63, 3.8) is 0 Å². The predicted molar refractivity (Wildman–Crippen MR) is 268 cm³/mol. The van der Waals surface area contributed by atoms with Gasteiger partial charge in [0.25, 0.3) is 0 Å². The second-order valence-corrected chi connectivity index (χ2v) is 18.7. The Morgan fingerprint density at radius 3 is 0.971 bits per heavy atom. The van der Waals surface area contributed by atoms with Crippen molar-refractivity contribution >= 4 is 29.8 Å². The lowest BCUT2D eigenvalue weighted by molar-refractivity contribution is -0.197. The first-order chi connectivity index (χ1) is 33.0. The molecule has 3 aliphatic carbocycles. The molecule has 15 nitrogen and oxygen atoms in total. The highest BCUT2D eigenvalue weighted by molar-refractivity contribution is 5.73. The number of hydrogen-bond donors (Lipinski definition) is 0. The minimum Gasteiger partial charge on any atom is -0.438 e. The van der Waals surface area contributed by atoms with Gasteiger partial charge >= 0.3 is 29.8 Å². The van der Waals surface area contributed by atoms with Crippen LogP contribution in [0.2, 0.25) is 0 Å². The van der Waals surface area contributed by atoms with Crippen LogP contribution in [0.1, 0.15) is 205 Å². The molecule has 0 saturated heterocycles. The van der Waals surface area contributed by atoms with Crippen molar-refractivity contribution in [2.24, 2.45) is 47.3 Å². The van der Waals surface area contributed by atoms with Gasteiger partial charge in [-0.15, -0.1) is 0 Å². The van der Waals surface area contributed by atoms with Crippen LogP contribution in [0.3, 0.4) is 0 Å². The monoisotopic (exact) mass is 991 g/mol. The fraction of sp³-hybridized carbons (Fsp3) is 0.907. The third kappa shape index (κ3) is 32.0. The van der Waals surface area contributed by atoms with Gasteiger partial charge < -0.3 is 47.4 Å². The van der Waals surface area contributed by atoms with Crippen molar-refractivity contribution in [2.75, 3.05) is 48.1 Å². The van der Waals surface area contributed by atoms with Crippen molar-refractivity contribution in [2.45, 2.75) is 224 Å². The molecular formula is C54H102O15. The smallest absolute Gasteiger partial charge is 0.310 e. The first kappa shape index (κ1) is 68.2. The first-order valence-electron chi connectivity index (χ1n) is 26.7. The van der Waals surface area contributed by atoms with Crippen LogP contribution in [0, 0.1) is 47.3 Å². The summed E-state index contributed by atoms with van der Waals surface area (Å²) in [6.07, 6.45) is 19.8. The Labute approximate surface area is 419 Å². The molecule has 0 heterocycles. The molecule has 408 valence electrons. The minimum atomic E-state index is -0.332. The lowest BCUT2D eigenvalue weighted by atomic mass is 9.89. The average Bonchev–Trinajstić information content (AvgIpc) is 3.93. The minimum absolute atomic E-state index is 0.0181. The highest BCUT2D eigenvalue weighted by Crippen LogP contribution is 2.31. The van der Waals surface area contributed by atoms with Gasteiger partial charge in [0.2, 0.25) is 18.9 Å². The van der Waals surface area contributed by atoms with Crippen molar-refractivity contribution in [3.05, 3.63) is 0 Å². The van der Waals surface area contributed by atoms with Gasteiger partial charge in [-0.2, -0.15) is 0 Å². The van der Waals surface area contributed by atoms with Crippen molar-refractivity contribution in [1.29, 1.82) is 0 Å². The van der Waals surface area contributed by atoms with Gasteiger partial charge in [-0.3, -0.25) is 24.0 Å². The molecule has 3 rings (SSSR count). The van der Waals surface area contributed by atoms with E-state index < -0.39 is 0 Å². The number of methoxy groups -OCH3 is 3. The molecule has 0 N–H and O–H groups in total. The summed E-state index contributed by atoms with van der Waals surface area (Å²) in [7, 11) is 4.74. The van der Waals surface area contributed by atoms with E-state index >= 15 is 0 Å². The Kier molecular flexibility index (Phi) is 43.4. The van der Waals surface area contributed by atoms with Crippen molar-refractivity contribution in [3.8, 4) is 0 Å². The normalized spacial score (nSPS) is 18.6. The molecule has 3 fully saturated rings. The molecule has 15 heteroatoms. The van der Waals surface area contributed by atoms with Crippen LogP contribution >= 0.6 is 0 Å². The molecule has 3 saturated carbocycles. The molecule has 0 amide bonds. The summed E-state index contributed by atoms with van der Waals surface area (Å²) in [6.45, 7) is 24.4. The van der Waals surface area contributed by atoms with Gasteiger partial charge in [0.1, 0.15) is 0 Å². The Balaban J connectivity index is 0. The highest BCUT2D eigenvalue weighted by Gasteiger charge is 2.31. The largest absolute Gasteiger partial charge is 0.438 e. The van der Waals surface area contributed by atoms with Gasteiger partial charge in [0, 0.05) is 52.3 Å². The third-order valence-corrected chi connectivity index (χ3v) is 13.2. The van der Waals surface area contributed by atoms with Crippen LogP contribution in [0.5, 0.6) is 0 Å². The quantitative estimate of drug-likeness (QED) is 0.0365. The summed E-state index contributed by atoms with van der Waals surface area (Å²) in [5.41, 5.74) is 0. The van der Waals surface area contributed by atoms with Gasteiger partial charge in [-0.05, 0) is 84.5 Å². The number of esters is 5. The number of rotatable bonds is 25. The molecule has 0 radical (unpaired) electrons. The second-order valence-electron chi connectivity index (χ2n) is 18.7. The van der Waals surface area contributed by atoms with Gasteiger partial charge in [-0.1, -0.05) is 121 Å². The fourth-order valence-corrected chi connectivity index (χ4v) is 7.26. The summed E-state index contributed by atoms with van der Waals surface area (Å²) in [6, 6.07) is 0. The summed E-state index contributed by atoms with van der Waals surface area (Å²) in [4.78, 5) is 56.9. The van der Waals surface area contributed by atoms with Crippen LogP contribution in [-0.4, -0.2) is 96.8 Å². The van der Waals surface area contributed by atoms with Crippen LogP contribution in [0.4, 0.5) is 0 Å². The molecule has 0 aromatic heterocycles. The van der Waals surface area contributed by atoms with Crippen molar-refractivity contribution in [1.82, 2.24) is 0 Å². The zero-order chi connectivity index (χ0) is 52.6. The van der Waals surface area contributed by atoms with E-state index in [0.717, 1.165) is 70.6 Å². The molecule has 0 bridgehead atoms. The van der Waals surface area contributed by atoms with E-state index in [1.165, 1.54) is 58.5 Å². The Morgan fingerprint density at radius 2 is 0.681 bits per heavy atom. The zero-order valence-electron chi connectivity index (χ0n) is 46.2. The SMILES string of the molecule is CCC(C)C(=O)OC(OC)C1CCCC1.CCC(C)C(=O)OC(OC)C1CCCCC1.CCC(C)C(=O)OCOC.CCOC(OC(=O)C(C)CC)C1CCCCC1.CCOCOC(=O)C(C)CC. The van der Waals surface area contributed by atoms with Gasteiger partial charge in [0.05, 0.1) is 29.6 Å². The summed E-state index contributed by atoms with van der Waals surface area (Å²) < 4.78 is 51.4. The Morgan fingerprint density at radius 1 is 0.391 bits per heavy atom. The lowest BCUT2D eigenvalue weighted by Gasteiger charge is -2.30. The maximum absolute atomic E-state index is 11.8. The van der Waals surface area contributed by atoms with Crippen LogP contribution in [0.15, 0.2) is 0 Å². The first-order valence-corrected chi connectivity index (χ1v) is 26.7. The molecule has 3 aliphatic rings. The maximum Gasteiger partial charge on any atom is 0.310 e. The highest BCUT2D eigenvalue weighted by atomic mass is 16.7. The number of hydrogen-bond acceptors (Lipinski definition) is 15. The molecule has 69 heavy (non-hydrogen) atoms.